The highest BCUT2D eigenvalue weighted by atomic mass is 16.5. The van der Waals surface area contributed by atoms with Crippen molar-refractivity contribution in [3.63, 3.8) is 0 Å². The summed E-state index contributed by atoms with van der Waals surface area (Å²) in [5.41, 5.74) is 4.18. The molecule has 2 N–H and O–H groups in total. The third kappa shape index (κ3) is 6.05. The number of hydrogen-bond acceptors (Lipinski definition) is 7. The zero-order valence-electron chi connectivity index (χ0n) is 21.0. The minimum Gasteiger partial charge on any atom is -0.495 e. The van der Waals surface area contributed by atoms with Crippen LogP contribution in [0.4, 0.5) is 17.1 Å². The molecule has 186 valence electrons. The molecule has 4 rings (SSSR count). The van der Waals surface area contributed by atoms with Crippen LogP contribution in [0.3, 0.4) is 0 Å². The zero-order chi connectivity index (χ0) is 25.3. The zero-order valence-corrected chi connectivity index (χ0v) is 21.0. The number of ether oxygens (including phenoxy) is 1. The molecule has 0 atom stereocenters. The highest BCUT2D eigenvalue weighted by molar-refractivity contribution is 5.97. The largest absolute Gasteiger partial charge is 0.495 e. The lowest BCUT2D eigenvalue weighted by atomic mass is 10.2. The van der Waals surface area contributed by atoms with Gasteiger partial charge in [-0.25, -0.2) is 4.99 Å². The van der Waals surface area contributed by atoms with Crippen LogP contribution in [0, 0.1) is 0 Å². The van der Waals surface area contributed by atoms with Crippen molar-refractivity contribution in [1.82, 2.24) is 14.9 Å². The Morgan fingerprint density at radius 2 is 1.83 bits per heavy atom. The summed E-state index contributed by atoms with van der Waals surface area (Å²) in [6, 6.07) is 15.6. The van der Waals surface area contributed by atoms with E-state index in [2.05, 4.69) is 60.2 Å². The Hall–Kier alpha value is -4.24. The maximum Gasteiger partial charge on any atom is 0.228 e. The van der Waals surface area contributed by atoms with Crippen LogP contribution in [-0.2, 0) is 0 Å². The number of aliphatic imine (C=N–C) groups is 2. The Morgan fingerprint density at radius 3 is 2.53 bits per heavy atom. The molecule has 1 aliphatic rings. The second-order valence-electron chi connectivity index (χ2n) is 8.31. The highest BCUT2D eigenvalue weighted by Crippen LogP contribution is 2.32. The van der Waals surface area contributed by atoms with E-state index in [9.17, 15) is 0 Å². The van der Waals surface area contributed by atoms with E-state index in [1.807, 2.05) is 55.5 Å². The van der Waals surface area contributed by atoms with Crippen LogP contribution in [0.2, 0.25) is 0 Å². The molecule has 0 bridgehead atoms. The van der Waals surface area contributed by atoms with Gasteiger partial charge in [0.05, 0.1) is 24.2 Å². The van der Waals surface area contributed by atoms with Gasteiger partial charge in [-0.3, -0.25) is 9.97 Å². The predicted octanol–water partition coefficient (Wildman–Crippen LogP) is 4.35. The third-order valence-electron chi connectivity index (χ3n) is 5.91. The molecule has 1 aliphatic heterocycles. The molecule has 36 heavy (non-hydrogen) atoms. The fourth-order valence-corrected chi connectivity index (χ4v) is 3.93. The molecule has 9 heteroatoms. The van der Waals surface area contributed by atoms with Crippen molar-refractivity contribution in [3.8, 4) is 17.1 Å². The lowest BCUT2D eigenvalue weighted by Crippen LogP contribution is -2.44. The first-order valence-electron chi connectivity index (χ1n) is 11.8. The maximum atomic E-state index is 5.70. The number of aromatic nitrogens is 2. The monoisotopic (exact) mass is 484 g/mol. The Balaban J connectivity index is 1.52. The van der Waals surface area contributed by atoms with Crippen LogP contribution in [0.1, 0.15) is 6.92 Å². The van der Waals surface area contributed by atoms with Crippen LogP contribution >= 0.6 is 0 Å². The molecule has 0 amide bonds. The van der Waals surface area contributed by atoms with Gasteiger partial charge in [0.1, 0.15) is 17.3 Å². The van der Waals surface area contributed by atoms with Gasteiger partial charge in [-0.1, -0.05) is 6.07 Å². The summed E-state index contributed by atoms with van der Waals surface area (Å²) in [6.45, 7) is 9.57. The Morgan fingerprint density at radius 1 is 1.03 bits per heavy atom. The second kappa shape index (κ2) is 11.9. The number of likely N-dealkylation sites (N-methyl/N-ethyl adjacent to an activating group) is 1. The molecule has 1 saturated heterocycles. The average Bonchev–Trinajstić information content (AvgIpc) is 2.93. The summed E-state index contributed by atoms with van der Waals surface area (Å²) >= 11 is 0. The number of guanidine groups is 1. The van der Waals surface area contributed by atoms with E-state index in [4.69, 9.17) is 4.74 Å². The molecular formula is C27H32N8O. The number of nitrogens with zero attached hydrogens (tertiary/aromatic N) is 6. The molecule has 3 aromatic rings. The van der Waals surface area contributed by atoms with Crippen LogP contribution in [0.5, 0.6) is 5.75 Å². The van der Waals surface area contributed by atoms with Gasteiger partial charge in [-0.15, -0.1) is 0 Å². The molecule has 1 aromatic carbocycles. The van der Waals surface area contributed by atoms with E-state index >= 15 is 0 Å². The summed E-state index contributed by atoms with van der Waals surface area (Å²) in [7, 11) is 3.83. The Bertz CT molecular complexity index is 1230. The van der Waals surface area contributed by atoms with Gasteiger partial charge < -0.3 is 25.2 Å². The van der Waals surface area contributed by atoms with E-state index in [1.54, 1.807) is 19.5 Å². The number of allylic oxidation sites excluding steroid dienone is 1. The number of nitrogens with one attached hydrogen (secondary N) is 2. The van der Waals surface area contributed by atoms with Crippen LogP contribution in [-0.4, -0.2) is 67.9 Å². The molecule has 0 unspecified atom stereocenters. The SMILES string of the molecule is C=NC(=N/C(=C\C)Nc1cccnc1-c1ccccn1)Nc1ccc(N2CCN(C)CC2)c(OC)c1. The topological polar surface area (TPSA) is 90.3 Å². The van der Waals surface area contributed by atoms with Crippen molar-refractivity contribution < 1.29 is 4.74 Å². The van der Waals surface area contributed by atoms with Crippen LogP contribution in [0.25, 0.3) is 11.4 Å². The van der Waals surface area contributed by atoms with E-state index < -0.39 is 0 Å². The summed E-state index contributed by atoms with van der Waals surface area (Å²) < 4.78 is 5.70. The molecule has 0 spiro atoms. The normalized spacial score (nSPS) is 14.9. The molecular weight excluding hydrogens is 452 g/mol. The highest BCUT2D eigenvalue weighted by Gasteiger charge is 2.18. The number of benzene rings is 1. The fourth-order valence-electron chi connectivity index (χ4n) is 3.93. The number of anilines is 3. The number of rotatable bonds is 7. The van der Waals surface area contributed by atoms with E-state index in [-0.39, 0.29) is 0 Å². The van der Waals surface area contributed by atoms with Gasteiger partial charge in [0.25, 0.3) is 0 Å². The minimum absolute atomic E-state index is 0.355. The fraction of sp³-hybridized carbons (Fsp3) is 0.259. The quantitative estimate of drug-likeness (QED) is 0.381. The lowest BCUT2D eigenvalue weighted by molar-refractivity contribution is 0.311. The van der Waals surface area contributed by atoms with Crippen molar-refractivity contribution in [2.45, 2.75) is 6.92 Å². The summed E-state index contributed by atoms with van der Waals surface area (Å²) in [5, 5.41) is 6.58. The molecule has 0 saturated carbocycles. The summed E-state index contributed by atoms with van der Waals surface area (Å²) in [6.07, 6.45) is 5.35. The first kappa shape index (κ1) is 24.9. The first-order chi connectivity index (χ1) is 17.6. The Kier molecular flexibility index (Phi) is 8.25. The summed E-state index contributed by atoms with van der Waals surface area (Å²) in [5.74, 6) is 1.75. The smallest absolute Gasteiger partial charge is 0.228 e. The van der Waals surface area contributed by atoms with Crippen molar-refractivity contribution in [3.05, 3.63) is 72.8 Å². The third-order valence-corrected chi connectivity index (χ3v) is 5.91. The van der Waals surface area contributed by atoms with E-state index in [1.165, 1.54) is 0 Å². The minimum atomic E-state index is 0.355. The molecule has 3 heterocycles. The van der Waals surface area contributed by atoms with E-state index in [0.29, 0.717) is 11.8 Å². The van der Waals surface area contributed by atoms with Crippen LogP contribution < -0.4 is 20.3 Å². The molecule has 0 radical (unpaired) electrons. The molecule has 9 nitrogen and oxygen atoms in total. The number of piperazine rings is 1. The lowest BCUT2D eigenvalue weighted by Gasteiger charge is -2.34. The Labute approximate surface area is 212 Å². The number of methoxy groups -OCH3 is 1. The van der Waals surface area contributed by atoms with Crippen LogP contribution in [0.15, 0.2) is 82.8 Å². The van der Waals surface area contributed by atoms with Crippen molar-refractivity contribution in [2.75, 3.05) is 55.9 Å². The maximum absolute atomic E-state index is 5.70. The number of pyridine rings is 2. The van der Waals surface area contributed by atoms with Gasteiger partial charge in [0, 0.05) is 50.3 Å². The predicted molar refractivity (Wildman–Crippen MR) is 148 cm³/mol. The second-order valence-corrected chi connectivity index (χ2v) is 8.31. The molecule has 0 aliphatic carbocycles. The van der Waals surface area contributed by atoms with Crippen molar-refractivity contribution in [1.29, 1.82) is 0 Å². The first-order valence-corrected chi connectivity index (χ1v) is 11.8. The van der Waals surface area contributed by atoms with Crippen molar-refractivity contribution in [2.24, 2.45) is 9.98 Å². The van der Waals surface area contributed by atoms with Gasteiger partial charge >= 0.3 is 0 Å². The molecule has 1 fully saturated rings. The van der Waals surface area contributed by atoms with Gasteiger partial charge in [0.2, 0.25) is 5.96 Å². The average molecular weight is 485 g/mol. The molecule has 2 aromatic heterocycles. The standard InChI is InChI=1S/C27H32N8O/c1-5-25(32-22-10-8-14-30-26(22)21-9-6-7-13-29-21)33-27(28-2)31-20-11-12-23(24(19-20)36-4)35-17-15-34(3)16-18-35/h5-14,19,32H,2,15-18H2,1,3-4H3,(H,31,33)/b25-5-. The van der Waals surface area contributed by atoms with Gasteiger partial charge in [-0.2, -0.15) is 4.99 Å². The van der Waals surface area contributed by atoms with E-state index in [0.717, 1.165) is 60.4 Å². The van der Waals surface area contributed by atoms with Gasteiger partial charge in [-0.05, 0) is 63.2 Å². The summed E-state index contributed by atoms with van der Waals surface area (Å²) in [4.78, 5) is 22.3. The van der Waals surface area contributed by atoms with Crippen molar-refractivity contribution >= 4 is 29.7 Å². The van der Waals surface area contributed by atoms with Gasteiger partial charge in [0.15, 0.2) is 0 Å². The number of hydrogen-bond donors (Lipinski definition) is 2.